The SMILES string of the molecule is CCCCCCCCCC(C)(C)C=[N+]=[N-]. The summed E-state index contributed by atoms with van der Waals surface area (Å²) < 4.78 is 0. The normalized spacial score (nSPS) is 11.1. The van der Waals surface area contributed by atoms with Gasteiger partial charge in [0.2, 0.25) is 0 Å². The molecule has 0 amide bonds. The monoisotopic (exact) mass is 210 g/mol. The third-order valence-corrected chi connectivity index (χ3v) is 2.83. The Bertz CT molecular complexity index is 191. The lowest BCUT2D eigenvalue weighted by Gasteiger charge is -2.13. The van der Waals surface area contributed by atoms with Gasteiger partial charge in [-0.15, -0.1) is 0 Å². The highest BCUT2D eigenvalue weighted by molar-refractivity contribution is 5.58. The van der Waals surface area contributed by atoms with E-state index >= 15 is 0 Å². The minimum absolute atomic E-state index is 0.0537. The standard InChI is InChI=1S/C13H26N2/c1-4-5-6-7-8-9-10-11-13(2,3)12-15-14/h12H,4-11H2,1-3H3. The first-order chi connectivity index (χ1) is 7.12. The lowest BCUT2D eigenvalue weighted by Crippen LogP contribution is -2.13. The van der Waals surface area contributed by atoms with E-state index in [1.807, 2.05) is 0 Å². The van der Waals surface area contributed by atoms with E-state index in [1.54, 1.807) is 6.21 Å². The van der Waals surface area contributed by atoms with Gasteiger partial charge in [0.05, 0.1) is 5.41 Å². The second kappa shape index (κ2) is 8.67. The molecule has 0 aliphatic rings. The maximum atomic E-state index is 8.47. The third-order valence-electron chi connectivity index (χ3n) is 2.83. The van der Waals surface area contributed by atoms with Gasteiger partial charge in [0.25, 0.3) is 6.21 Å². The van der Waals surface area contributed by atoms with E-state index in [4.69, 9.17) is 5.53 Å². The second-order valence-corrected chi connectivity index (χ2v) is 5.10. The Balaban J connectivity index is 3.34. The van der Waals surface area contributed by atoms with Crippen molar-refractivity contribution in [2.24, 2.45) is 5.41 Å². The van der Waals surface area contributed by atoms with Crippen LogP contribution in [0.2, 0.25) is 0 Å². The molecular formula is C13H26N2. The quantitative estimate of drug-likeness (QED) is 0.233. The van der Waals surface area contributed by atoms with Gasteiger partial charge in [0.15, 0.2) is 0 Å². The lowest BCUT2D eigenvalue weighted by molar-refractivity contribution is -0.00857. The Morgan fingerprint density at radius 3 is 2.07 bits per heavy atom. The molecule has 0 heterocycles. The van der Waals surface area contributed by atoms with Crippen molar-refractivity contribution in [3.05, 3.63) is 5.53 Å². The van der Waals surface area contributed by atoms with Gasteiger partial charge in [0, 0.05) is 0 Å². The maximum absolute atomic E-state index is 8.47. The molecule has 0 N–H and O–H groups in total. The van der Waals surface area contributed by atoms with Gasteiger partial charge < -0.3 is 5.53 Å². The predicted octanol–water partition coefficient (Wildman–Crippen LogP) is 4.45. The van der Waals surface area contributed by atoms with E-state index in [2.05, 4.69) is 25.6 Å². The molecular weight excluding hydrogens is 184 g/mol. The molecule has 0 aromatic heterocycles. The molecule has 0 fully saturated rings. The Morgan fingerprint density at radius 1 is 1.00 bits per heavy atom. The van der Waals surface area contributed by atoms with E-state index in [9.17, 15) is 0 Å². The van der Waals surface area contributed by atoms with Gasteiger partial charge in [-0.3, -0.25) is 0 Å². The van der Waals surface area contributed by atoms with Crippen molar-refractivity contribution in [2.45, 2.75) is 72.1 Å². The summed E-state index contributed by atoms with van der Waals surface area (Å²) in [6.07, 6.45) is 12.1. The van der Waals surface area contributed by atoms with E-state index in [0.29, 0.717) is 0 Å². The molecule has 0 aromatic rings. The minimum Gasteiger partial charge on any atom is -0.362 e. The molecule has 0 unspecified atom stereocenters. The van der Waals surface area contributed by atoms with Crippen LogP contribution in [0.3, 0.4) is 0 Å². The van der Waals surface area contributed by atoms with Crippen LogP contribution in [-0.2, 0) is 0 Å². The van der Waals surface area contributed by atoms with Crippen molar-refractivity contribution >= 4 is 6.21 Å². The summed E-state index contributed by atoms with van der Waals surface area (Å²) in [5, 5.41) is 0. The molecule has 0 saturated carbocycles. The lowest BCUT2D eigenvalue weighted by atomic mass is 9.88. The highest BCUT2D eigenvalue weighted by Crippen LogP contribution is 2.21. The molecule has 88 valence electrons. The van der Waals surface area contributed by atoms with Crippen LogP contribution in [0.4, 0.5) is 0 Å². The molecule has 2 heteroatoms. The van der Waals surface area contributed by atoms with Crippen molar-refractivity contribution in [1.29, 1.82) is 0 Å². The molecule has 0 spiro atoms. The second-order valence-electron chi connectivity index (χ2n) is 5.10. The van der Waals surface area contributed by atoms with Crippen LogP contribution in [-0.4, -0.2) is 11.0 Å². The highest BCUT2D eigenvalue weighted by atomic mass is 14.8. The van der Waals surface area contributed by atoms with Crippen LogP contribution in [0.1, 0.15) is 72.1 Å². The van der Waals surface area contributed by atoms with Crippen LogP contribution in [0, 0.1) is 5.41 Å². The Labute approximate surface area is 94.7 Å². The Morgan fingerprint density at radius 2 is 1.53 bits per heavy atom. The van der Waals surface area contributed by atoms with Crippen molar-refractivity contribution in [3.8, 4) is 0 Å². The van der Waals surface area contributed by atoms with Gasteiger partial charge in [-0.05, 0) is 20.3 Å². The Kier molecular flexibility index (Phi) is 8.31. The first-order valence-electron chi connectivity index (χ1n) is 6.31. The van der Waals surface area contributed by atoms with Gasteiger partial charge >= 0.3 is 0 Å². The Hall–Kier alpha value is -0.620. The van der Waals surface area contributed by atoms with Gasteiger partial charge in [-0.2, -0.15) is 4.79 Å². The predicted molar refractivity (Wildman–Crippen MR) is 66.1 cm³/mol. The zero-order valence-corrected chi connectivity index (χ0v) is 10.6. The fraction of sp³-hybridized carbons (Fsp3) is 0.923. The first-order valence-corrected chi connectivity index (χ1v) is 6.31. The first kappa shape index (κ1) is 14.4. The highest BCUT2D eigenvalue weighted by Gasteiger charge is 2.18. The molecule has 0 aromatic carbocycles. The van der Waals surface area contributed by atoms with Gasteiger partial charge in [-0.25, -0.2) is 0 Å². The van der Waals surface area contributed by atoms with Crippen LogP contribution in [0.15, 0.2) is 0 Å². The number of nitrogens with zero attached hydrogens (tertiary/aromatic N) is 2. The molecule has 0 saturated heterocycles. The summed E-state index contributed by atoms with van der Waals surface area (Å²) in [6, 6.07) is 0. The van der Waals surface area contributed by atoms with Gasteiger partial charge in [-0.1, -0.05) is 51.9 Å². The molecule has 0 bridgehead atoms. The number of hydrogen-bond acceptors (Lipinski definition) is 0. The zero-order valence-electron chi connectivity index (χ0n) is 10.6. The van der Waals surface area contributed by atoms with E-state index in [-0.39, 0.29) is 5.41 Å². The average Bonchev–Trinajstić information content (AvgIpc) is 2.16. The van der Waals surface area contributed by atoms with E-state index in [0.717, 1.165) is 6.42 Å². The van der Waals surface area contributed by atoms with Crippen molar-refractivity contribution in [2.75, 3.05) is 0 Å². The van der Waals surface area contributed by atoms with Crippen molar-refractivity contribution in [1.82, 2.24) is 0 Å². The van der Waals surface area contributed by atoms with E-state index < -0.39 is 0 Å². The third kappa shape index (κ3) is 9.68. The fourth-order valence-corrected chi connectivity index (χ4v) is 1.76. The van der Waals surface area contributed by atoms with Crippen LogP contribution >= 0.6 is 0 Å². The van der Waals surface area contributed by atoms with Crippen LogP contribution in [0.5, 0.6) is 0 Å². The molecule has 2 nitrogen and oxygen atoms in total. The molecule has 0 aliphatic heterocycles. The summed E-state index contributed by atoms with van der Waals surface area (Å²) in [7, 11) is 0. The summed E-state index contributed by atoms with van der Waals surface area (Å²) in [6.45, 7) is 6.48. The summed E-state index contributed by atoms with van der Waals surface area (Å²) in [5.41, 5.74) is 8.52. The number of rotatable bonds is 9. The maximum Gasteiger partial charge on any atom is 0.262 e. The number of unbranched alkanes of at least 4 members (excludes halogenated alkanes) is 6. The van der Waals surface area contributed by atoms with Crippen molar-refractivity contribution in [3.63, 3.8) is 0 Å². The van der Waals surface area contributed by atoms with E-state index in [1.165, 1.54) is 44.9 Å². The summed E-state index contributed by atoms with van der Waals surface area (Å²) in [5.74, 6) is 0. The smallest absolute Gasteiger partial charge is 0.262 e. The summed E-state index contributed by atoms with van der Waals surface area (Å²) in [4.78, 5) is 3.12. The topological polar surface area (TPSA) is 36.4 Å². The summed E-state index contributed by atoms with van der Waals surface area (Å²) >= 11 is 0. The molecule has 0 rings (SSSR count). The molecule has 0 atom stereocenters. The molecule has 0 radical (unpaired) electrons. The average molecular weight is 210 g/mol. The molecule has 15 heavy (non-hydrogen) atoms. The van der Waals surface area contributed by atoms with Gasteiger partial charge in [0.1, 0.15) is 0 Å². The number of hydrogen-bond donors (Lipinski definition) is 0. The van der Waals surface area contributed by atoms with Crippen LogP contribution in [0.25, 0.3) is 5.53 Å². The zero-order chi connectivity index (χ0) is 11.6. The largest absolute Gasteiger partial charge is 0.362 e. The van der Waals surface area contributed by atoms with Crippen molar-refractivity contribution < 1.29 is 4.79 Å². The fourth-order valence-electron chi connectivity index (χ4n) is 1.76. The minimum atomic E-state index is 0.0537. The van der Waals surface area contributed by atoms with Crippen LogP contribution < -0.4 is 0 Å². The molecule has 0 aliphatic carbocycles.